The number of amides is 1. The van der Waals surface area contributed by atoms with Gasteiger partial charge in [0.15, 0.2) is 0 Å². The summed E-state index contributed by atoms with van der Waals surface area (Å²) in [5.74, 6) is 0. The molecule has 0 saturated carbocycles. The van der Waals surface area contributed by atoms with E-state index < -0.39 is 0 Å². The first-order valence-electron chi connectivity index (χ1n) is 7.75. The van der Waals surface area contributed by atoms with Gasteiger partial charge in [0.05, 0.1) is 6.04 Å². The van der Waals surface area contributed by atoms with Crippen LogP contribution in [0.2, 0.25) is 0 Å². The van der Waals surface area contributed by atoms with Crippen LogP contribution in [-0.2, 0) is 10.8 Å². The molecule has 0 spiro atoms. The summed E-state index contributed by atoms with van der Waals surface area (Å²) in [4.78, 5) is 12.2. The molecule has 2 aromatic carbocycles. The standard InChI is InChI=1S/C19H17NOS/c1-18-11-7-3-5-9-13(11)19(2,14-10-6-4-8-12(14)18)16-15(18)20-17(21)22-16/h3-10,15-16H,1-2H3,(H,20,21). The van der Waals surface area contributed by atoms with Gasteiger partial charge >= 0.3 is 0 Å². The SMILES string of the molecule is CC12c3ccccc3C(C)(c3ccccc31)C1SC(=O)NC12. The minimum atomic E-state index is -0.144. The maximum atomic E-state index is 12.2. The van der Waals surface area contributed by atoms with Crippen LogP contribution in [0, 0.1) is 0 Å². The molecule has 110 valence electrons. The van der Waals surface area contributed by atoms with E-state index in [1.165, 1.54) is 34.0 Å². The van der Waals surface area contributed by atoms with Crippen molar-refractivity contribution in [1.29, 1.82) is 0 Å². The lowest BCUT2D eigenvalue weighted by molar-refractivity contribution is 0.241. The summed E-state index contributed by atoms with van der Waals surface area (Å²) in [6.07, 6.45) is 0. The molecule has 1 aliphatic heterocycles. The highest BCUT2D eigenvalue weighted by molar-refractivity contribution is 8.14. The number of hydrogen-bond acceptors (Lipinski definition) is 2. The highest BCUT2D eigenvalue weighted by Crippen LogP contribution is 2.63. The molecule has 2 bridgehead atoms. The third-order valence-electron chi connectivity index (χ3n) is 6.09. The maximum absolute atomic E-state index is 12.2. The van der Waals surface area contributed by atoms with Crippen LogP contribution >= 0.6 is 11.8 Å². The Bertz CT molecular complexity index is 714. The van der Waals surface area contributed by atoms with Crippen molar-refractivity contribution in [3.05, 3.63) is 70.8 Å². The van der Waals surface area contributed by atoms with Gasteiger partial charge in [-0.1, -0.05) is 67.2 Å². The fourth-order valence-corrected chi connectivity index (χ4v) is 6.42. The molecule has 2 nitrogen and oxygen atoms in total. The van der Waals surface area contributed by atoms with E-state index in [-0.39, 0.29) is 27.4 Å². The predicted molar refractivity (Wildman–Crippen MR) is 89.5 cm³/mol. The van der Waals surface area contributed by atoms with E-state index in [0.29, 0.717) is 0 Å². The zero-order valence-electron chi connectivity index (χ0n) is 12.6. The summed E-state index contributed by atoms with van der Waals surface area (Å²) in [5.41, 5.74) is 5.28. The molecule has 22 heavy (non-hydrogen) atoms. The van der Waals surface area contributed by atoms with Crippen LogP contribution in [0.5, 0.6) is 0 Å². The van der Waals surface area contributed by atoms with Crippen LogP contribution in [0.4, 0.5) is 4.79 Å². The quantitative estimate of drug-likeness (QED) is 0.801. The van der Waals surface area contributed by atoms with Crippen LogP contribution in [0.3, 0.4) is 0 Å². The van der Waals surface area contributed by atoms with Gasteiger partial charge in [-0.05, 0) is 29.2 Å². The smallest absolute Gasteiger partial charge is 0.279 e. The van der Waals surface area contributed by atoms with Crippen LogP contribution < -0.4 is 5.32 Å². The van der Waals surface area contributed by atoms with Crippen molar-refractivity contribution in [2.24, 2.45) is 0 Å². The Morgan fingerprint density at radius 1 is 0.864 bits per heavy atom. The first kappa shape index (κ1) is 12.8. The lowest BCUT2D eigenvalue weighted by Crippen LogP contribution is -2.64. The average molecular weight is 307 g/mol. The van der Waals surface area contributed by atoms with Crippen LogP contribution in [-0.4, -0.2) is 16.5 Å². The van der Waals surface area contributed by atoms with Gasteiger partial charge in [0.25, 0.3) is 5.24 Å². The Hall–Kier alpha value is -1.74. The molecule has 1 saturated heterocycles. The molecule has 1 heterocycles. The van der Waals surface area contributed by atoms with Gasteiger partial charge < -0.3 is 5.32 Å². The molecular weight excluding hydrogens is 290 g/mol. The van der Waals surface area contributed by atoms with E-state index in [4.69, 9.17) is 0 Å². The molecule has 0 aromatic heterocycles. The van der Waals surface area contributed by atoms with Crippen molar-refractivity contribution in [3.63, 3.8) is 0 Å². The van der Waals surface area contributed by atoms with Gasteiger partial charge in [-0.2, -0.15) is 0 Å². The number of rotatable bonds is 0. The van der Waals surface area contributed by atoms with E-state index >= 15 is 0 Å². The first-order valence-corrected chi connectivity index (χ1v) is 8.63. The van der Waals surface area contributed by atoms with Crippen molar-refractivity contribution in [2.45, 2.75) is 36.0 Å². The van der Waals surface area contributed by atoms with E-state index in [1.807, 2.05) is 0 Å². The number of carbonyl (C=O) groups is 1. The molecule has 2 aromatic rings. The van der Waals surface area contributed by atoms with Gasteiger partial charge in [-0.15, -0.1) is 0 Å². The molecular formula is C19H17NOS. The summed E-state index contributed by atoms with van der Waals surface area (Å²) in [7, 11) is 0. The number of thioether (sulfide) groups is 1. The number of carbonyl (C=O) groups excluding carboxylic acids is 1. The van der Waals surface area contributed by atoms with Gasteiger partial charge in [0.1, 0.15) is 0 Å². The van der Waals surface area contributed by atoms with Crippen molar-refractivity contribution < 1.29 is 4.79 Å². The lowest BCUT2D eigenvalue weighted by atomic mass is 9.48. The monoisotopic (exact) mass is 307 g/mol. The summed E-state index contributed by atoms with van der Waals surface area (Å²) >= 11 is 1.49. The Labute approximate surface area is 134 Å². The summed E-state index contributed by atoms with van der Waals surface area (Å²) in [6, 6.07) is 17.7. The Morgan fingerprint density at radius 3 is 1.82 bits per heavy atom. The topological polar surface area (TPSA) is 29.1 Å². The van der Waals surface area contributed by atoms with Gasteiger partial charge in [0.2, 0.25) is 0 Å². The molecule has 3 aliphatic carbocycles. The molecule has 4 aliphatic rings. The van der Waals surface area contributed by atoms with Crippen molar-refractivity contribution in [2.75, 3.05) is 0 Å². The molecule has 1 N–H and O–H groups in total. The molecule has 0 radical (unpaired) electrons. The molecule has 1 amide bonds. The Balaban J connectivity index is 1.95. The highest BCUT2D eigenvalue weighted by Gasteiger charge is 2.65. The average Bonchev–Trinajstić information content (AvgIpc) is 2.95. The zero-order valence-corrected chi connectivity index (χ0v) is 13.4. The minimum Gasteiger partial charge on any atom is -0.342 e. The fourth-order valence-electron chi connectivity index (χ4n) is 5.03. The Kier molecular flexibility index (Phi) is 2.19. The largest absolute Gasteiger partial charge is 0.342 e. The van der Waals surface area contributed by atoms with Crippen molar-refractivity contribution in [1.82, 2.24) is 5.32 Å². The van der Waals surface area contributed by atoms with Gasteiger partial charge in [-0.25, -0.2) is 0 Å². The molecule has 3 heteroatoms. The molecule has 1 fully saturated rings. The third kappa shape index (κ3) is 1.17. The van der Waals surface area contributed by atoms with Crippen molar-refractivity contribution in [3.8, 4) is 0 Å². The highest BCUT2D eigenvalue weighted by atomic mass is 32.2. The van der Waals surface area contributed by atoms with E-state index in [9.17, 15) is 4.79 Å². The zero-order chi connectivity index (χ0) is 15.1. The summed E-state index contributed by atoms with van der Waals surface area (Å²) < 4.78 is 0. The van der Waals surface area contributed by atoms with Gasteiger partial charge in [-0.3, -0.25) is 4.79 Å². The van der Waals surface area contributed by atoms with Crippen LogP contribution in [0.1, 0.15) is 36.1 Å². The second-order valence-electron chi connectivity index (χ2n) is 6.94. The van der Waals surface area contributed by atoms with Gasteiger partial charge in [0, 0.05) is 16.1 Å². The molecule has 2 unspecified atom stereocenters. The number of nitrogens with one attached hydrogen (secondary N) is 1. The maximum Gasteiger partial charge on any atom is 0.279 e. The van der Waals surface area contributed by atoms with Crippen LogP contribution in [0.15, 0.2) is 48.5 Å². The van der Waals surface area contributed by atoms with E-state index in [2.05, 4.69) is 67.7 Å². The molecule has 6 rings (SSSR count). The normalized spacial score (nSPS) is 37.3. The number of benzene rings is 2. The summed E-state index contributed by atoms with van der Waals surface area (Å²) in [5, 5.41) is 3.64. The third-order valence-corrected chi connectivity index (χ3v) is 7.42. The number of hydrogen-bond donors (Lipinski definition) is 1. The molecule has 2 atom stereocenters. The second kappa shape index (κ2) is 3.77. The van der Waals surface area contributed by atoms with Crippen LogP contribution in [0.25, 0.3) is 0 Å². The van der Waals surface area contributed by atoms with E-state index in [0.717, 1.165) is 0 Å². The van der Waals surface area contributed by atoms with Crippen molar-refractivity contribution >= 4 is 17.0 Å². The minimum absolute atomic E-state index is 0.112. The summed E-state index contributed by atoms with van der Waals surface area (Å²) in [6.45, 7) is 4.61. The first-order chi connectivity index (χ1) is 10.6. The lowest BCUT2D eigenvalue weighted by Gasteiger charge is -2.58. The predicted octanol–water partition coefficient (Wildman–Crippen LogP) is 3.82. The Morgan fingerprint density at radius 2 is 1.32 bits per heavy atom. The van der Waals surface area contributed by atoms with E-state index in [1.54, 1.807) is 0 Å². The fraction of sp³-hybridized carbons (Fsp3) is 0.316. The second-order valence-corrected chi connectivity index (χ2v) is 8.06.